The minimum Gasteiger partial charge on any atom is -0.467 e. The zero-order valence-electron chi connectivity index (χ0n) is 10.4. The molecule has 0 aliphatic rings. The smallest absolute Gasteiger partial charge is 0.295 e. The fourth-order valence-corrected chi connectivity index (χ4v) is 2.06. The van der Waals surface area contributed by atoms with E-state index in [1.165, 1.54) is 6.07 Å². The van der Waals surface area contributed by atoms with Crippen molar-refractivity contribution in [1.82, 2.24) is 4.98 Å². The minimum atomic E-state index is -0.425. The van der Waals surface area contributed by atoms with Crippen molar-refractivity contribution in [2.45, 2.75) is 6.54 Å². The number of benzene rings is 1. The number of nitro benzene ring substituents is 1. The molecule has 0 amide bonds. The van der Waals surface area contributed by atoms with E-state index < -0.39 is 4.92 Å². The Morgan fingerprint density at radius 3 is 2.90 bits per heavy atom. The lowest BCUT2D eigenvalue weighted by atomic mass is 10.1. The molecular weight excluding hydrogens is 258 g/mol. The molecule has 0 atom stereocenters. The highest BCUT2D eigenvalue weighted by Gasteiger charge is 2.14. The predicted molar refractivity (Wildman–Crippen MR) is 74.4 cm³/mol. The molecule has 1 N–H and O–H groups in total. The zero-order valence-corrected chi connectivity index (χ0v) is 10.4. The molecule has 100 valence electrons. The van der Waals surface area contributed by atoms with E-state index in [0.29, 0.717) is 17.4 Å². The lowest BCUT2D eigenvalue weighted by Crippen LogP contribution is -2.00. The first-order valence-corrected chi connectivity index (χ1v) is 6.04. The van der Waals surface area contributed by atoms with Crippen molar-refractivity contribution in [3.8, 4) is 0 Å². The Bertz CT molecular complexity index is 753. The van der Waals surface area contributed by atoms with E-state index >= 15 is 0 Å². The van der Waals surface area contributed by atoms with Crippen LogP contribution < -0.4 is 5.32 Å². The topological polar surface area (TPSA) is 81.2 Å². The molecule has 0 fully saturated rings. The minimum absolute atomic E-state index is 0.00384. The number of non-ortho nitro benzene ring substituents is 1. The first-order valence-electron chi connectivity index (χ1n) is 6.04. The molecule has 0 spiro atoms. The Balaban J connectivity index is 1.99. The summed E-state index contributed by atoms with van der Waals surface area (Å²) in [4.78, 5) is 14.7. The number of hydrogen-bond donors (Lipinski definition) is 1. The van der Waals surface area contributed by atoms with Gasteiger partial charge in [0.15, 0.2) is 0 Å². The van der Waals surface area contributed by atoms with Gasteiger partial charge >= 0.3 is 0 Å². The average molecular weight is 269 g/mol. The lowest BCUT2D eigenvalue weighted by molar-refractivity contribution is -0.383. The van der Waals surface area contributed by atoms with Crippen LogP contribution in [0.3, 0.4) is 0 Å². The van der Waals surface area contributed by atoms with Gasteiger partial charge in [0, 0.05) is 23.3 Å². The number of fused-ring (bicyclic) bond motifs is 1. The van der Waals surface area contributed by atoms with Crippen molar-refractivity contribution in [1.29, 1.82) is 0 Å². The third-order valence-corrected chi connectivity index (χ3v) is 2.98. The summed E-state index contributed by atoms with van der Waals surface area (Å²) in [6, 6.07) is 10.4. The van der Waals surface area contributed by atoms with Gasteiger partial charge in [-0.3, -0.25) is 10.1 Å². The van der Waals surface area contributed by atoms with Crippen LogP contribution in [0.1, 0.15) is 5.76 Å². The highest BCUT2D eigenvalue weighted by Crippen LogP contribution is 2.28. The summed E-state index contributed by atoms with van der Waals surface area (Å²) >= 11 is 0. The van der Waals surface area contributed by atoms with E-state index in [4.69, 9.17) is 4.42 Å². The van der Waals surface area contributed by atoms with Crippen molar-refractivity contribution in [3.05, 3.63) is 64.7 Å². The average Bonchev–Trinajstić information content (AvgIpc) is 2.97. The summed E-state index contributed by atoms with van der Waals surface area (Å²) in [5.41, 5.74) is 1.17. The van der Waals surface area contributed by atoms with Crippen LogP contribution in [0.2, 0.25) is 0 Å². The predicted octanol–water partition coefficient (Wildman–Crippen LogP) is 3.35. The van der Waals surface area contributed by atoms with Gasteiger partial charge in [0.1, 0.15) is 11.3 Å². The summed E-state index contributed by atoms with van der Waals surface area (Å²) in [5, 5.41) is 14.9. The number of nitrogens with one attached hydrogen (secondary N) is 1. The van der Waals surface area contributed by atoms with Gasteiger partial charge in [-0.25, -0.2) is 4.98 Å². The number of nitrogens with zero attached hydrogens (tertiary/aromatic N) is 2. The SMILES string of the molecule is O=[N+]([O-])c1cccc2c(NCc3ccco3)ccnc12. The third kappa shape index (κ3) is 2.18. The van der Waals surface area contributed by atoms with Gasteiger partial charge in [0.05, 0.1) is 17.7 Å². The van der Waals surface area contributed by atoms with Crippen LogP contribution in [0.4, 0.5) is 11.4 Å². The molecule has 1 aromatic carbocycles. The Labute approximate surface area is 114 Å². The highest BCUT2D eigenvalue weighted by atomic mass is 16.6. The molecule has 0 radical (unpaired) electrons. The van der Waals surface area contributed by atoms with Gasteiger partial charge in [-0.2, -0.15) is 0 Å². The van der Waals surface area contributed by atoms with Crippen LogP contribution in [0.5, 0.6) is 0 Å². The number of hydrogen-bond acceptors (Lipinski definition) is 5. The molecule has 3 aromatic rings. The first-order chi connectivity index (χ1) is 9.75. The molecule has 0 aliphatic heterocycles. The van der Waals surface area contributed by atoms with E-state index in [1.54, 1.807) is 30.7 Å². The van der Waals surface area contributed by atoms with Gasteiger partial charge in [0.2, 0.25) is 0 Å². The normalized spacial score (nSPS) is 10.6. The second-order valence-corrected chi connectivity index (χ2v) is 4.22. The van der Waals surface area contributed by atoms with E-state index in [2.05, 4.69) is 10.3 Å². The molecule has 0 saturated heterocycles. The van der Waals surface area contributed by atoms with Crippen molar-refractivity contribution in [2.75, 3.05) is 5.32 Å². The number of aromatic nitrogens is 1. The van der Waals surface area contributed by atoms with Crippen LogP contribution in [-0.4, -0.2) is 9.91 Å². The number of anilines is 1. The maximum Gasteiger partial charge on any atom is 0.295 e. The van der Waals surface area contributed by atoms with E-state index in [0.717, 1.165) is 11.4 Å². The monoisotopic (exact) mass is 269 g/mol. The molecule has 2 aromatic heterocycles. The fraction of sp³-hybridized carbons (Fsp3) is 0.0714. The van der Waals surface area contributed by atoms with E-state index in [-0.39, 0.29) is 5.69 Å². The first kappa shape index (κ1) is 12.2. The Kier molecular flexibility index (Phi) is 3.04. The van der Waals surface area contributed by atoms with Gasteiger partial charge in [0.25, 0.3) is 5.69 Å². The van der Waals surface area contributed by atoms with Gasteiger partial charge in [-0.15, -0.1) is 0 Å². The van der Waals surface area contributed by atoms with Crippen LogP contribution in [0, 0.1) is 10.1 Å². The number of nitro groups is 1. The lowest BCUT2D eigenvalue weighted by Gasteiger charge is -2.08. The molecule has 20 heavy (non-hydrogen) atoms. The summed E-state index contributed by atoms with van der Waals surface area (Å²) in [5.74, 6) is 0.792. The summed E-state index contributed by atoms with van der Waals surface area (Å²) in [6.07, 6.45) is 3.16. The zero-order chi connectivity index (χ0) is 13.9. The molecule has 6 heteroatoms. The Hall–Kier alpha value is -2.89. The summed E-state index contributed by atoms with van der Waals surface area (Å²) in [7, 11) is 0. The molecule has 2 heterocycles. The fourth-order valence-electron chi connectivity index (χ4n) is 2.06. The maximum atomic E-state index is 11.0. The maximum absolute atomic E-state index is 11.0. The summed E-state index contributed by atoms with van der Waals surface area (Å²) < 4.78 is 5.24. The van der Waals surface area contributed by atoms with Crippen molar-refractivity contribution >= 4 is 22.3 Å². The van der Waals surface area contributed by atoms with Crippen molar-refractivity contribution in [2.24, 2.45) is 0 Å². The molecular formula is C14H11N3O3. The van der Waals surface area contributed by atoms with Crippen molar-refractivity contribution < 1.29 is 9.34 Å². The van der Waals surface area contributed by atoms with Gasteiger partial charge < -0.3 is 9.73 Å². The van der Waals surface area contributed by atoms with Crippen LogP contribution in [-0.2, 0) is 6.54 Å². The van der Waals surface area contributed by atoms with Gasteiger partial charge in [-0.1, -0.05) is 12.1 Å². The number of pyridine rings is 1. The number of furan rings is 1. The summed E-state index contributed by atoms with van der Waals surface area (Å²) in [6.45, 7) is 0.509. The Morgan fingerprint density at radius 1 is 1.25 bits per heavy atom. The number of rotatable bonds is 4. The van der Waals surface area contributed by atoms with Gasteiger partial charge in [-0.05, 0) is 18.2 Å². The van der Waals surface area contributed by atoms with Crippen molar-refractivity contribution in [3.63, 3.8) is 0 Å². The third-order valence-electron chi connectivity index (χ3n) is 2.98. The van der Waals surface area contributed by atoms with Crippen LogP contribution >= 0.6 is 0 Å². The molecule has 6 nitrogen and oxygen atoms in total. The van der Waals surface area contributed by atoms with Crippen LogP contribution in [0.25, 0.3) is 10.9 Å². The molecule has 0 aliphatic carbocycles. The quantitative estimate of drug-likeness (QED) is 0.580. The Morgan fingerprint density at radius 2 is 2.15 bits per heavy atom. The molecule has 0 unspecified atom stereocenters. The van der Waals surface area contributed by atoms with E-state index in [1.807, 2.05) is 12.1 Å². The van der Waals surface area contributed by atoms with E-state index in [9.17, 15) is 10.1 Å². The second-order valence-electron chi connectivity index (χ2n) is 4.22. The number of para-hydroxylation sites is 1. The second kappa shape index (κ2) is 5.00. The largest absolute Gasteiger partial charge is 0.467 e. The molecule has 3 rings (SSSR count). The van der Waals surface area contributed by atoms with Crippen LogP contribution in [0.15, 0.2) is 53.3 Å². The highest BCUT2D eigenvalue weighted by molar-refractivity contribution is 5.96. The molecule has 0 saturated carbocycles. The standard InChI is InChI=1S/C14H11N3O3/c18-17(19)13-5-1-4-11-12(6-7-15-14(11)13)16-9-10-3-2-8-20-10/h1-8H,9H2,(H,15,16). The molecule has 0 bridgehead atoms.